The molecule has 3 aliphatic rings. The molecule has 1 saturated carbocycles. The molecular formula is C26H29N9O3. The summed E-state index contributed by atoms with van der Waals surface area (Å²) in [6, 6.07) is 10.4. The van der Waals surface area contributed by atoms with Crippen molar-refractivity contribution >= 4 is 34.3 Å². The molecule has 2 aliphatic heterocycles. The van der Waals surface area contributed by atoms with E-state index in [2.05, 4.69) is 41.7 Å². The van der Waals surface area contributed by atoms with Crippen LogP contribution >= 0.6 is 0 Å². The first-order valence-corrected chi connectivity index (χ1v) is 12.9. The molecule has 3 unspecified atom stereocenters. The number of rotatable bonds is 6. The number of aliphatic carboxylic acids is 1. The first kappa shape index (κ1) is 24.3. The summed E-state index contributed by atoms with van der Waals surface area (Å²) in [7, 11) is 0. The van der Waals surface area contributed by atoms with Crippen molar-refractivity contribution < 1.29 is 9.90 Å². The van der Waals surface area contributed by atoms with Gasteiger partial charge in [0, 0.05) is 44.5 Å². The van der Waals surface area contributed by atoms with Gasteiger partial charge in [-0.15, -0.1) is 0 Å². The standard InChI is InChI=1S/C26H29N9O3/c27-7-8-34-9-11-35(12-10-34)25-31-20-14-29-33-23(36)21(20)22(32-25)30-17-3-1-16(2-4-17)19-5-6-26(15-28-19)13-18(26)24(37)38/h1-4,14,18-19,28H,5-6,8-13,15H2,(H,33,36)(H,37,38)(H,30,31,32). The molecule has 3 fully saturated rings. The zero-order valence-electron chi connectivity index (χ0n) is 20.9. The molecule has 0 amide bonds. The van der Waals surface area contributed by atoms with Crippen LogP contribution in [0, 0.1) is 22.7 Å². The van der Waals surface area contributed by atoms with Crippen LogP contribution < -0.4 is 21.1 Å². The molecule has 4 N–H and O–H groups in total. The minimum atomic E-state index is -0.683. The fourth-order valence-corrected chi connectivity index (χ4v) is 5.77. The van der Waals surface area contributed by atoms with Gasteiger partial charge >= 0.3 is 5.97 Å². The van der Waals surface area contributed by atoms with Crippen LogP contribution in [0.2, 0.25) is 0 Å². The molecule has 196 valence electrons. The SMILES string of the molecule is N#CCN1CCN(c2nc(Nc3ccc(C4CCC5(CN4)CC5C(=O)O)cc3)c3c(=O)[nH]ncc3n2)CC1. The summed E-state index contributed by atoms with van der Waals surface area (Å²) in [5, 5.41) is 31.9. The number of aromatic nitrogens is 4. The number of hydrogen-bond donors (Lipinski definition) is 4. The second kappa shape index (κ2) is 9.66. The van der Waals surface area contributed by atoms with Crippen molar-refractivity contribution in [2.45, 2.75) is 25.3 Å². The number of carbonyl (C=O) groups is 1. The van der Waals surface area contributed by atoms with E-state index in [-0.39, 0.29) is 22.9 Å². The maximum Gasteiger partial charge on any atom is 0.307 e. The van der Waals surface area contributed by atoms with Crippen LogP contribution in [-0.4, -0.2) is 75.4 Å². The van der Waals surface area contributed by atoms with E-state index >= 15 is 0 Å². The predicted octanol–water partition coefficient (Wildman–Crippen LogP) is 1.62. The van der Waals surface area contributed by atoms with E-state index in [1.165, 1.54) is 6.20 Å². The van der Waals surface area contributed by atoms with Crippen LogP contribution in [0.25, 0.3) is 10.9 Å². The summed E-state index contributed by atoms with van der Waals surface area (Å²) in [6.45, 7) is 3.96. The van der Waals surface area contributed by atoms with Crippen molar-refractivity contribution in [3.8, 4) is 6.07 Å². The topological polar surface area (TPSA) is 163 Å². The average Bonchev–Trinajstić information content (AvgIpc) is 3.63. The lowest BCUT2D eigenvalue weighted by atomic mass is 9.87. The fourth-order valence-electron chi connectivity index (χ4n) is 5.77. The van der Waals surface area contributed by atoms with Crippen LogP contribution in [0.4, 0.5) is 17.5 Å². The Morgan fingerprint density at radius 2 is 2.00 bits per heavy atom. The van der Waals surface area contributed by atoms with Gasteiger partial charge in [-0.25, -0.2) is 10.1 Å². The third-order valence-corrected chi connectivity index (χ3v) is 8.15. The normalized spacial score (nSPS) is 25.3. The highest BCUT2D eigenvalue weighted by Crippen LogP contribution is 2.58. The van der Waals surface area contributed by atoms with Gasteiger partial charge in [0.25, 0.3) is 5.56 Å². The highest BCUT2D eigenvalue weighted by Gasteiger charge is 2.59. The summed E-state index contributed by atoms with van der Waals surface area (Å²) in [4.78, 5) is 37.4. The van der Waals surface area contributed by atoms with E-state index in [0.29, 0.717) is 42.3 Å². The Morgan fingerprint density at radius 1 is 1.21 bits per heavy atom. The monoisotopic (exact) mass is 515 g/mol. The lowest BCUT2D eigenvalue weighted by Crippen LogP contribution is -2.47. The maximum atomic E-state index is 12.6. The number of nitriles is 1. The van der Waals surface area contributed by atoms with Crippen LogP contribution in [0.3, 0.4) is 0 Å². The number of H-pyrrole nitrogens is 1. The summed E-state index contributed by atoms with van der Waals surface area (Å²) >= 11 is 0. The first-order chi connectivity index (χ1) is 18.5. The van der Waals surface area contributed by atoms with Crippen LogP contribution in [-0.2, 0) is 4.79 Å². The molecule has 12 nitrogen and oxygen atoms in total. The molecule has 2 aromatic heterocycles. The van der Waals surface area contributed by atoms with E-state index in [9.17, 15) is 14.7 Å². The number of nitrogens with one attached hydrogen (secondary N) is 3. The first-order valence-electron chi connectivity index (χ1n) is 12.9. The molecule has 1 spiro atoms. The summed E-state index contributed by atoms with van der Waals surface area (Å²) in [5.74, 6) is 0.0274. The Balaban J connectivity index is 1.19. The zero-order chi connectivity index (χ0) is 26.3. The van der Waals surface area contributed by atoms with Gasteiger partial charge in [-0.2, -0.15) is 15.3 Å². The Hall–Kier alpha value is -4.08. The van der Waals surface area contributed by atoms with Gasteiger partial charge in [0.1, 0.15) is 16.7 Å². The molecule has 3 aromatic rings. The van der Waals surface area contributed by atoms with Crippen LogP contribution in [0.15, 0.2) is 35.3 Å². The van der Waals surface area contributed by atoms with Crippen LogP contribution in [0.5, 0.6) is 0 Å². The van der Waals surface area contributed by atoms with Crippen LogP contribution in [0.1, 0.15) is 30.9 Å². The lowest BCUT2D eigenvalue weighted by Gasteiger charge is -2.33. The summed E-state index contributed by atoms with van der Waals surface area (Å²) in [6.07, 6.45) is 4.11. The van der Waals surface area contributed by atoms with Crippen molar-refractivity contribution in [2.75, 3.05) is 49.5 Å². The Morgan fingerprint density at radius 3 is 2.66 bits per heavy atom. The quantitative estimate of drug-likeness (QED) is 0.353. The predicted molar refractivity (Wildman–Crippen MR) is 140 cm³/mol. The Labute approximate surface area is 218 Å². The van der Waals surface area contributed by atoms with E-state index < -0.39 is 5.97 Å². The number of fused-ring (bicyclic) bond motifs is 1. The van der Waals surface area contributed by atoms with Gasteiger partial charge in [0.05, 0.1) is 24.7 Å². The molecule has 12 heteroatoms. The Bertz CT molecular complexity index is 1450. The average molecular weight is 516 g/mol. The smallest absolute Gasteiger partial charge is 0.307 e. The molecule has 38 heavy (non-hydrogen) atoms. The van der Waals surface area contributed by atoms with Crippen molar-refractivity contribution in [2.24, 2.45) is 11.3 Å². The van der Waals surface area contributed by atoms with Crippen molar-refractivity contribution in [1.82, 2.24) is 30.4 Å². The highest BCUT2D eigenvalue weighted by molar-refractivity contribution is 5.90. The number of nitrogens with zero attached hydrogens (tertiary/aromatic N) is 6. The molecule has 0 bridgehead atoms. The van der Waals surface area contributed by atoms with E-state index in [0.717, 1.165) is 50.1 Å². The summed E-state index contributed by atoms with van der Waals surface area (Å²) < 4.78 is 0. The fraction of sp³-hybridized carbons (Fsp3) is 0.462. The van der Waals surface area contributed by atoms with Gasteiger partial charge in [0.15, 0.2) is 0 Å². The molecule has 1 aliphatic carbocycles. The molecule has 2 saturated heterocycles. The molecule has 3 atom stereocenters. The number of piperidine rings is 1. The van der Waals surface area contributed by atoms with Crippen molar-refractivity contribution in [3.05, 3.63) is 46.4 Å². The number of carboxylic acid groups (broad SMARTS) is 1. The molecule has 0 radical (unpaired) electrons. The number of piperazine rings is 1. The van der Waals surface area contributed by atoms with Gasteiger partial charge in [-0.3, -0.25) is 14.5 Å². The second-order valence-electron chi connectivity index (χ2n) is 10.4. The number of benzene rings is 1. The number of carboxylic acids is 1. The summed E-state index contributed by atoms with van der Waals surface area (Å²) in [5.41, 5.74) is 1.95. The van der Waals surface area contributed by atoms with Gasteiger partial charge in [-0.05, 0) is 42.4 Å². The van der Waals surface area contributed by atoms with Crippen molar-refractivity contribution in [1.29, 1.82) is 5.26 Å². The molecule has 4 heterocycles. The van der Waals surface area contributed by atoms with Gasteiger partial charge < -0.3 is 20.6 Å². The van der Waals surface area contributed by atoms with E-state index in [1.807, 2.05) is 24.3 Å². The van der Waals surface area contributed by atoms with Gasteiger partial charge in [0.2, 0.25) is 5.95 Å². The number of anilines is 3. The molecule has 6 rings (SSSR count). The third-order valence-electron chi connectivity index (χ3n) is 8.15. The van der Waals surface area contributed by atoms with E-state index in [4.69, 9.17) is 10.2 Å². The minimum absolute atomic E-state index is 0.0696. The van der Waals surface area contributed by atoms with E-state index in [1.54, 1.807) is 0 Å². The minimum Gasteiger partial charge on any atom is -0.481 e. The third kappa shape index (κ3) is 4.55. The largest absolute Gasteiger partial charge is 0.481 e. The number of aromatic amines is 1. The lowest BCUT2D eigenvalue weighted by molar-refractivity contribution is -0.139. The molecular weight excluding hydrogens is 486 g/mol. The van der Waals surface area contributed by atoms with Crippen molar-refractivity contribution in [3.63, 3.8) is 0 Å². The van der Waals surface area contributed by atoms with Gasteiger partial charge in [-0.1, -0.05) is 12.1 Å². The highest BCUT2D eigenvalue weighted by atomic mass is 16.4. The zero-order valence-corrected chi connectivity index (χ0v) is 20.9. The maximum absolute atomic E-state index is 12.6. The number of hydrogen-bond acceptors (Lipinski definition) is 10. The second-order valence-corrected chi connectivity index (χ2v) is 10.4. The molecule has 1 aromatic carbocycles. The Kier molecular flexibility index (Phi) is 6.17.